The van der Waals surface area contributed by atoms with Crippen molar-refractivity contribution >= 4 is 0 Å². The zero-order valence-corrected chi connectivity index (χ0v) is 15.7. The Hall–Kier alpha value is -1.57. The van der Waals surface area contributed by atoms with Crippen LogP contribution in [0.15, 0.2) is 22.6 Å². The van der Waals surface area contributed by atoms with Crippen LogP contribution in [0.4, 0.5) is 0 Å². The Bertz CT molecular complexity index is 783. The first kappa shape index (κ1) is 16.3. The van der Waals surface area contributed by atoms with Gasteiger partial charge in [-0.3, -0.25) is 0 Å². The molecule has 3 aliphatic rings. The van der Waals surface area contributed by atoms with Gasteiger partial charge in [-0.2, -0.15) is 0 Å². The highest BCUT2D eigenvalue weighted by atomic mass is 16.3. The lowest BCUT2D eigenvalue weighted by Gasteiger charge is -2.36. The summed E-state index contributed by atoms with van der Waals surface area (Å²) < 4.78 is 8.63. The van der Waals surface area contributed by atoms with E-state index >= 15 is 0 Å². The molecule has 0 aromatic rings. The van der Waals surface area contributed by atoms with E-state index in [-0.39, 0.29) is 10.8 Å². The molecule has 0 atom stereocenters. The molecule has 0 radical (unpaired) electrons. The molecule has 1 heterocycles. The van der Waals surface area contributed by atoms with Crippen molar-refractivity contribution in [3.63, 3.8) is 0 Å². The minimum absolute atomic E-state index is 0.117. The lowest BCUT2D eigenvalue weighted by atomic mass is 9.70. The van der Waals surface area contributed by atoms with Crippen LogP contribution >= 0.6 is 0 Å². The van der Waals surface area contributed by atoms with Crippen LogP contribution in [0, 0.1) is 0 Å². The summed E-state index contributed by atoms with van der Waals surface area (Å²) in [7, 11) is 4.16. The molecule has 2 nitrogen and oxygen atoms in total. The summed E-state index contributed by atoms with van der Waals surface area (Å²) in [5.74, 6) is 2.23. The average molecular weight is 312 g/mol. The summed E-state index contributed by atoms with van der Waals surface area (Å²) in [6.45, 7) is 11.6. The molecule has 0 fully saturated rings. The topological polar surface area (TPSA) is 16.1 Å². The van der Waals surface area contributed by atoms with E-state index in [1.807, 2.05) is 0 Å². The summed E-state index contributed by atoms with van der Waals surface area (Å²) in [5, 5.41) is 1.19. The van der Waals surface area contributed by atoms with Crippen molar-refractivity contribution in [2.75, 3.05) is 14.1 Å². The minimum Gasteiger partial charge on any atom is -0.460 e. The molecule has 0 spiro atoms. The number of rotatable bonds is 0. The van der Waals surface area contributed by atoms with Crippen LogP contribution in [0.3, 0.4) is 0 Å². The van der Waals surface area contributed by atoms with Crippen molar-refractivity contribution in [1.82, 2.24) is 4.58 Å². The molecular weight excluding hydrogens is 282 g/mol. The van der Waals surface area contributed by atoms with Gasteiger partial charge in [0.2, 0.25) is 5.36 Å². The molecule has 124 valence electrons. The zero-order chi connectivity index (χ0) is 17.0. The van der Waals surface area contributed by atoms with E-state index in [9.17, 15) is 0 Å². The number of nitrogens with zero attached hydrogens (tertiary/aromatic N) is 1. The SMILES string of the molecule is C[N+](C)=c1ccc2c(C(C)(C)C)c3c(oc-2c1)C(C)(C)CCC3. The number of fused-ring (bicyclic) bond motifs is 2. The highest BCUT2D eigenvalue weighted by Gasteiger charge is 2.36. The fraction of sp³-hybridized carbons (Fsp3) is 0.571. The van der Waals surface area contributed by atoms with Crippen molar-refractivity contribution < 1.29 is 4.42 Å². The minimum atomic E-state index is 0.117. The molecule has 0 aromatic heterocycles. The van der Waals surface area contributed by atoms with Gasteiger partial charge >= 0.3 is 0 Å². The highest BCUT2D eigenvalue weighted by molar-refractivity contribution is 5.68. The molecular formula is C21H30NO+. The Kier molecular flexibility index (Phi) is 3.70. The van der Waals surface area contributed by atoms with Crippen LogP contribution in [0.5, 0.6) is 0 Å². The number of hydrogen-bond acceptors (Lipinski definition) is 1. The summed E-state index contributed by atoms with van der Waals surface area (Å²) >= 11 is 0. The first-order valence-corrected chi connectivity index (χ1v) is 8.72. The molecule has 0 N–H and O–H groups in total. The lowest BCUT2D eigenvalue weighted by molar-refractivity contribution is 0.321. The summed E-state index contributed by atoms with van der Waals surface area (Å²) in [5.41, 5.74) is 4.45. The largest absolute Gasteiger partial charge is 0.460 e. The van der Waals surface area contributed by atoms with Gasteiger partial charge in [-0.15, -0.1) is 0 Å². The van der Waals surface area contributed by atoms with Gasteiger partial charge in [0.15, 0.2) is 0 Å². The van der Waals surface area contributed by atoms with Crippen LogP contribution in [0.2, 0.25) is 0 Å². The van der Waals surface area contributed by atoms with E-state index in [1.54, 1.807) is 0 Å². The molecule has 23 heavy (non-hydrogen) atoms. The third-order valence-corrected chi connectivity index (χ3v) is 5.13. The van der Waals surface area contributed by atoms with Crippen molar-refractivity contribution in [3.05, 3.63) is 40.4 Å². The third kappa shape index (κ3) is 2.73. The smallest absolute Gasteiger partial charge is 0.203 e. The molecule has 1 aliphatic heterocycles. The Morgan fingerprint density at radius 1 is 1.13 bits per heavy atom. The van der Waals surface area contributed by atoms with Gasteiger partial charge in [0.1, 0.15) is 25.6 Å². The second-order valence-corrected chi connectivity index (χ2v) is 8.85. The van der Waals surface area contributed by atoms with Crippen LogP contribution in [0.25, 0.3) is 11.3 Å². The quantitative estimate of drug-likeness (QED) is 0.661. The standard InChI is InChI=1S/C21H30NO/c1-20(2,3)18-15-11-10-14(22(6)7)13-17(15)23-19-16(18)9-8-12-21(19,4)5/h10-11,13H,8-9,12H2,1-7H3/q+1. The number of benzene rings is 1. The summed E-state index contributed by atoms with van der Waals surface area (Å²) in [4.78, 5) is 0. The van der Waals surface area contributed by atoms with Crippen LogP contribution in [-0.2, 0) is 17.3 Å². The predicted octanol–water partition coefficient (Wildman–Crippen LogP) is 4.33. The molecule has 2 heteroatoms. The lowest BCUT2D eigenvalue weighted by Crippen LogP contribution is -2.29. The molecule has 0 saturated carbocycles. The first-order valence-electron chi connectivity index (χ1n) is 8.72. The van der Waals surface area contributed by atoms with Crippen molar-refractivity contribution in [1.29, 1.82) is 0 Å². The fourth-order valence-electron chi connectivity index (χ4n) is 3.99. The second kappa shape index (κ2) is 5.22. The van der Waals surface area contributed by atoms with E-state index in [4.69, 9.17) is 4.42 Å². The maximum atomic E-state index is 6.50. The maximum absolute atomic E-state index is 6.50. The monoisotopic (exact) mass is 312 g/mol. The van der Waals surface area contributed by atoms with Gasteiger partial charge in [0.05, 0.1) is 6.07 Å². The molecule has 0 bridgehead atoms. The molecule has 2 aliphatic carbocycles. The van der Waals surface area contributed by atoms with Crippen molar-refractivity contribution in [2.45, 2.75) is 64.7 Å². The van der Waals surface area contributed by atoms with E-state index in [0.29, 0.717) is 0 Å². The molecule has 0 amide bonds. The van der Waals surface area contributed by atoms with E-state index in [2.05, 4.69) is 71.5 Å². The van der Waals surface area contributed by atoms with Crippen LogP contribution in [0.1, 0.15) is 64.3 Å². The van der Waals surface area contributed by atoms with E-state index in [1.165, 1.54) is 40.6 Å². The van der Waals surface area contributed by atoms with E-state index in [0.717, 1.165) is 12.2 Å². The van der Waals surface area contributed by atoms with Gasteiger partial charge in [0, 0.05) is 17.0 Å². The summed E-state index contributed by atoms with van der Waals surface area (Å²) in [6.07, 6.45) is 3.59. The zero-order valence-electron chi connectivity index (χ0n) is 15.7. The fourth-order valence-corrected chi connectivity index (χ4v) is 3.99. The summed E-state index contributed by atoms with van der Waals surface area (Å²) in [6, 6.07) is 6.64. The van der Waals surface area contributed by atoms with Crippen LogP contribution < -0.4 is 9.93 Å². The van der Waals surface area contributed by atoms with Gasteiger partial charge in [-0.1, -0.05) is 34.6 Å². The first-order chi connectivity index (χ1) is 10.6. The van der Waals surface area contributed by atoms with E-state index < -0.39 is 0 Å². The predicted molar refractivity (Wildman–Crippen MR) is 97.1 cm³/mol. The number of hydrogen-bond donors (Lipinski definition) is 0. The van der Waals surface area contributed by atoms with Crippen molar-refractivity contribution in [2.24, 2.45) is 0 Å². The molecule has 0 aromatic carbocycles. The third-order valence-electron chi connectivity index (χ3n) is 5.13. The van der Waals surface area contributed by atoms with Crippen LogP contribution in [-0.4, -0.2) is 14.1 Å². The van der Waals surface area contributed by atoms with Gasteiger partial charge in [0.25, 0.3) is 0 Å². The Morgan fingerprint density at radius 2 is 1.83 bits per heavy atom. The molecule has 0 saturated heterocycles. The van der Waals surface area contributed by atoms with Gasteiger partial charge < -0.3 is 4.42 Å². The van der Waals surface area contributed by atoms with Gasteiger partial charge in [-0.25, -0.2) is 4.58 Å². The Balaban J connectivity index is 2.46. The normalized spacial score (nSPS) is 17.2. The molecule has 3 rings (SSSR count). The second-order valence-electron chi connectivity index (χ2n) is 8.85. The Labute approximate surface area is 140 Å². The highest BCUT2D eigenvalue weighted by Crippen LogP contribution is 2.46. The van der Waals surface area contributed by atoms with Crippen molar-refractivity contribution in [3.8, 4) is 11.3 Å². The average Bonchev–Trinajstić information content (AvgIpc) is 2.43. The molecule has 0 unspecified atom stereocenters. The van der Waals surface area contributed by atoms with Gasteiger partial charge in [-0.05, 0) is 41.9 Å². The maximum Gasteiger partial charge on any atom is 0.203 e. The Morgan fingerprint density at radius 3 is 2.43 bits per heavy atom.